The summed E-state index contributed by atoms with van der Waals surface area (Å²) in [5.74, 6) is -0.624. The molecule has 0 radical (unpaired) electrons. The first-order valence-corrected chi connectivity index (χ1v) is 10.4. The lowest BCUT2D eigenvalue weighted by Crippen LogP contribution is -2.25. The van der Waals surface area contributed by atoms with Crippen LogP contribution in [-0.2, 0) is 9.53 Å². The van der Waals surface area contributed by atoms with E-state index in [1.165, 1.54) is 36.7 Å². The molecule has 2 aliphatic rings. The molecule has 29 heavy (non-hydrogen) atoms. The lowest BCUT2D eigenvalue weighted by molar-refractivity contribution is -0.140. The van der Waals surface area contributed by atoms with E-state index in [2.05, 4.69) is 11.6 Å². The van der Waals surface area contributed by atoms with Gasteiger partial charge in [-0.2, -0.15) is 0 Å². The van der Waals surface area contributed by atoms with Crippen LogP contribution in [-0.4, -0.2) is 36.6 Å². The Morgan fingerprint density at radius 1 is 1.28 bits per heavy atom. The van der Waals surface area contributed by atoms with Gasteiger partial charge < -0.3 is 14.5 Å². The number of halogens is 1. The summed E-state index contributed by atoms with van der Waals surface area (Å²) >= 11 is 3.00. The van der Waals surface area contributed by atoms with Crippen molar-refractivity contribution in [2.45, 2.75) is 4.90 Å². The molecular weight excluding hydrogens is 409 g/mol. The Morgan fingerprint density at radius 3 is 2.72 bits per heavy atom. The van der Waals surface area contributed by atoms with Crippen molar-refractivity contribution in [3.8, 4) is 0 Å². The van der Waals surface area contributed by atoms with Crippen LogP contribution in [0.2, 0.25) is 0 Å². The normalized spacial score (nSPS) is 19.8. The molecule has 0 saturated carbocycles. The first-order valence-electron chi connectivity index (χ1n) is 8.77. The highest BCUT2D eigenvalue weighted by molar-refractivity contribution is 8.09. The third kappa shape index (κ3) is 3.65. The Kier molecular flexibility index (Phi) is 5.38. The Bertz CT molecular complexity index is 1050. The van der Waals surface area contributed by atoms with Crippen molar-refractivity contribution in [3.63, 3.8) is 0 Å². The Hall–Kier alpha value is -2.71. The molecule has 4 rings (SSSR count). The molecule has 0 unspecified atom stereocenters. The summed E-state index contributed by atoms with van der Waals surface area (Å²) in [7, 11) is 3.20. The summed E-state index contributed by atoms with van der Waals surface area (Å²) in [5, 5.41) is 1.73. The molecule has 0 spiro atoms. The number of nitrogens with zero attached hydrogens (tertiary/aromatic N) is 3. The Morgan fingerprint density at radius 2 is 2.03 bits per heavy atom. The molecule has 1 aromatic heterocycles. The topological polar surface area (TPSA) is 45.7 Å². The zero-order valence-corrected chi connectivity index (χ0v) is 17.5. The van der Waals surface area contributed by atoms with E-state index in [9.17, 15) is 9.18 Å². The molecule has 0 N–H and O–H groups in total. The first-order chi connectivity index (χ1) is 14.0. The fraction of sp³-hybridized carbons (Fsp3) is 0.143. The number of pyridine rings is 1. The lowest BCUT2D eigenvalue weighted by atomic mass is 10.2. The van der Waals surface area contributed by atoms with Crippen LogP contribution in [0, 0.1) is 5.82 Å². The van der Waals surface area contributed by atoms with Crippen LogP contribution in [0.5, 0.6) is 0 Å². The molecule has 1 saturated heterocycles. The van der Waals surface area contributed by atoms with E-state index in [0.29, 0.717) is 11.4 Å². The lowest BCUT2D eigenvalue weighted by Gasteiger charge is -2.19. The number of carbonyl (C=O) groups is 1. The van der Waals surface area contributed by atoms with Crippen molar-refractivity contribution in [3.05, 3.63) is 81.3 Å². The van der Waals surface area contributed by atoms with Crippen LogP contribution in [0.15, 0.2) is 74.9 Å². The van der Waals surface area contributed by atoms with Crippen LogP contribution in [0.25, 0.3) is 6.08 Å². The molecule has 2 aromatic rings. The third-order valence-corrected chi connectivity index (χ3v) is 7.09. The van der Waals surface area contributed by atoms with Gasteiger partial charge in [0.1, 0.15) is 12.4 Å². The van der Waals surface area contributed by atoms with Gasteiger partial charge in [0.05, 0.1) is 33.5 Å². The number of para-hydroxylation sites is 1. The maximum Gasteiger partial charge on any atom is 0.325 e. The SMILES string of the molecule is C=C1C(=C2Sc3cccc(F)c3N2C)SC(=Cc2ccncc2)N1CC(=O)OC. The Balaban J connectivity index is 1.75. The number of esters is 1. The van der Waals surface area contributed by atoms with Gasteiger partial charge in [-0.3, -0.25) is 9.78 Å². The third-order valence-electron chi connectivity index (χ3n) is 4.56. The van der Waals surface area contributed by atoms with Crippen LogP contribution in [0.4, 0.5) is 10.1 Å². The van der Waals surface area contributed by atoms with Crippen LogP contribution >= 0.6 is 23.5 Å². The van der Waals surface area contributed by atoms with Gasteiger partial charge >= 0.3 is 5.97 Å². The average Bonchev–Trinajstić information content (AvgIpc) is 3.21. The van der Waals surface area contributed by atoms with Gasteiger partial charge in [-0.05, 0) is 35.9 Å². The molecule has 3 heterocycles. The number of methoxy groups -OCH3 is 1. The average molecular weight is 428 g/mol. The minimum Gasteiger partial charge on any atom is -0.468 e. The van der Waals surface area contributed by atoms with Crippen LogP contribution in [0.1, 0.15) is 5.56 Å². The number of hydrogen-bond donors (Lipinski definition) is 0. The van der Waals surface area contributed by atoms with E-state index < -0.39 is 0 Å². The second-order valence-electron chi connectivity index (χ2n) is 6.36. The second kappa shape index (κ2) is 7.96. The van der Waals surface area contributed by atoms with Crippen molar-refractivity contribution >= 4 is 41.3 Å². The predicted molar refractivity (Wildman–Crippen MR) is 115 cm³/mol. The maximum absolute atomic E-state index is 14.4. The van der Waals surface area contributed by atoms with E-state index in [4.69, 9.17) is 4.74 Å². The minimum absolute atomic E-state index is 0.0473. The molecule has 5 nitrogen and oxygen atoms in total. The molecule has 148 valence electrons. The smallest absolute Gasteiger partial charge is 0.325 e. The molecule has 0 atom stereocenters. The number of ether oxygens (including phenoxy) is 1. The summed E-state index contributed by atoms with van der Waals surface area (Å²) < 4.78 is 19.2. The largest absolute Gasteiger partial charge is 0.468 e. The number of benzene rings is 1. The van der Waals surface area contributed by atoms with Gasteiger partial charge in [-0.1, -0.05) is 36.2 Å². The quantitative estimate of drug-likeness (QED) is 0.660. The highest BCUT2D eigenvalue weighted by atomic mass is 32.2. The number of aromatic nitrogens is 1. The minimum atomic E-state index is -0.361. The summed E-state index contributed by atoms with van der Waals surface area (Å²) in [4.78, 5) is 21.4. The first kappa shape index (κ1) is 19.6. The highest BCUT2D eigenvalue weighted by Gasteiger charge is 2.36. The van der Waals surface area contributed by atoms with Gasteiger partial charge in [-0.15, -0.1) is 0 Å². The van der Waals surface area contributed by atoms with Crippen LogP contribution in [0.3, 0.4) is 0 Å². The van der Waals surface area contributed by atoms with Gasteiger partial charge in [0, 0.05) is 24.3 Å². The zero-order valence-electron chi connectivity index (χ0n) is 15.9. The number of carbonyl (C=O) groups excluding carboxylic acids is 1. The molecule has 1 fully saturated rings. The molecular formula is C21H18FN3O2S2. The van der Waals surface area contributed by atoms with Crippen molar-refractivity contribution in [2.24, 2.45) is 0 Å². The van der Waals surface area contributed by atoms with E-state index in [1.54, 1.807) is 18.5 Å². The number of rotatable bonds is 3. The van der Waals surface area contributed by atoms with Crippen molar-refractivity contribution < 1.29 is 13.9 Å². The number of thioether (sulfide) groups is 2. The number of anilines is 1. The highest BCUT2D eigenvalue weighted by Crippen LogP contribution is 2.54. The fourth-order valence-electron chi connectivity index (χ4n) is 3.09. The van der Waals surface area contributed by atoms with Crippen molar-refractivity contribution in [1.82, 2.24) is 9.88 Å². The van der Waals surface area contributed by atoms with E-state index in [-0.39, 0.29) is 18.3 Å². The van der Waals surface area contributed by atoms with Gasteiger partial charge in [0.15, 0.2) is 0 Å². The zero-order chi connectivity index (χ0) is 20.5. The summed E-state index contributed by atoms with van der Waals surface area (Å²) in [5.41, 5.74) is 2.20. The molecule has 8 heteroatoms. The molecule has 0 bridgehead atoms. The van der Waals surface area contributed by atoms with Crippen LogP contribution < -0.4 is 4.90 Å². The van der Waals surface area contributed by atoms with E-state index >= 15 is 0 Å². The fourth-order valence-corrected chi connectivity index (χ4v) is 5.61. The van der Waals surface area contributed by atoms with Gasteiger partial charge in [0.25, 0.3) is 0 Å². The number of fused-ring (bicyclic) bond motifs is 1. The number of hydrogen-bond acceptors (Lipinski definition) is 7. The van der Waals surface area contributed by atoms with E-state index in [0.717, 1.165) is 25.4 Å². The maximum atomic E-state index is 14.4. The molecule has 0 aliphatic carbocycles. The molecule has 2 aliphatic heterocycles. The van der Waals surface area contributed by atoms with Gasteiger partial charge in [-0.25, -0.2) is 4.39 Å². The van der Waals surface area contributed by atoms with Crippen molar-refractivity contribution in [1.29, 1.82) is 0 Å². The summed E-state index contributed by atoms with van der Waals surface area (Å²) in [6, 6.07) is 8.84. The van der Waals surface area contributed by atoms with Crippen molar-refractivity contribution in [2.75, 3.05) is 25.6 Å². The Labute approximate surface area is 176 Å². The summed E-state index contributed by atoms with van der Waals surface area (Å²) in [6.07, 6.45) is 5.40. The molecule has 1 aromatic carbocycles. The van der Waals surface area contributed by atoms with E-state index in [1.807, 2.05) is 41.1 Å². The monoisotopic (exact) mass is 427 g/mol. The predicted octanol–water partition coefficient (Wildman–Crippen LogP) is 4.67. The second-order valence-corrected chi connectivity index (χ2v) is 8.42. The molecule has 0 amide bonds. The van der Waals surface area contributed by atoms with Gasteiger partial charge in [0.2, 0.25) is 0 Å². The standard InChI is InChI=1S/C21H18FN3O2S2/c1-13-20(21-24(2)19-15(22)5-4-6-16(19)28-21)29-17(25(13)12-18(26)27-3)11-14-7-9-23-10-8-14/h4-11H,1,12H2,2-3H3. The summed E-state index contributed by atoms with van der Waals surface area (Å²) in [6.45, 7) is 4.26.